The van der Waals surface area contributed by atoms with Crippen molar-refractivity contribution >= 4 is 55.4 Å². The molecule has 3 nitrogen and oxygen atoms in total. The minimum absolute atomic E-state index is 1.09. The maximum atomic E-state index is 3.69. The number of rotatable bonds is 10. The Labute approximate surface area is 318 Å². The summed E-state index contributed by atoms with van der Waals surface area (Å²) in [6, 6.07) is 73.3. The van der Waals surface area contributed by atoms with Gasteiger partial charge in [-0.1, -0.05) is 121 Å². The Morgan fingerprint density at radius 1 is 0.283 bits per heavy atom. The first kappa shape index (κ1) is 32.5. The number of benzene rings is 6. The van der Waals surface area contributed by atoms with E-state index in [0.717, 1.165) is 45.3 Å². The molecule has 53 heavy (non-hydrogen) atoms. The lowest BCUT2D eigenvalue weighted by Crippen LogP contribution is -2.08. The standard InChI is InChI=1S/C48H35N3S2/c1-5-13-37(14-6-1)45-31-33-47(52-45)50(39-17-9-3-10-18-39)41-25-21-35(22-26-41)43-29-30-44(49-43)36-23-27-42(28-24-36)51(40-19-11-4-12-20-40)48-34-32-46(53-48)38-15-7-2-8-16-38/h1-34,49H. The van der Waals surface area contributed by atoms with Crippen LogP contribution >= 0.6 is 22.7 Å². The van der Waals surface area contributed by atoms with Crippen LogP contribution in [0.15, 0.2) is 206 Å². The van der Waals surface area contributed by atoms with E-state index in [2.05, 4.69) is 221 Å². The summed E-state index contributed by atoms with van der Waals surface area (Å²) in [5.74, 6) is 0. The molecule has 0 aliphatic rings. The smallest absolute Gasteiger partial charge is 0.101 e. The molecule has 0 atom stereocenters. The number of aromatic nitrogens is 1. The zero-order valence-electron chi connectivity index (χ0n) is 28.8. The molecular formula is C48H35N3S2. The highest BCUT2D eigenvalue weighted by Crippen LogP contribution is 2.44. The van der Waals surface area contributed by atoms with Crippen molar-refractivity contribution in [3.8, 4) is 43.4 Å². The Morgan fingerprint density at radius 3 is 1.00 bits per heavy atom. The summed E-state index contributed by atoms with van der Waals surface area (Å²) in [7, 11) is 0. The van der Waals surface area contributed by atoms with Crippen molar-refractivity contribution in [3.05, 3.63) is 206 Å². The molecule has 9 rings (SSSR count). The molecule has 0 radical (unpaired) electrons. The molecule has 0 unspecified atom stereocenters. The van der Waals surface area contributed by atoms with Crippen molar-refractivity contribution in [1.29, 1.82) is 0 Å². The average molecular weight is 718 g/mol. The van der Waals surface area contributed by atoms with Crippen molar-refractivity contribution in [1.82, 2.24) is 4.98 Å². The molecule has 1 N–H and O–H groups in total. The highest BCUT2D eigenvalue weighted by atomic mass is 32.1. The molecule has 9 aromatic rings. The summed E-state index contributed by atoms with van der Waals surface area (Å²) in [6.45, 7) is 0. The van der Waals surface area contributed by atoms with Crippen LogP contribution in [0.1, 0.15) is 0 Å². The number of hydrogen-bond donors (Lipinski definition) is 1. The van der Waals surface area contributed by atoms with Crippen LogP contribution in [0.25, 0.3) is 43.4 Å². The summed E-state index contributed by atoms with van der Waals surface area (Å²) in [5, 5.41) is 2.35. The Balaban J connectivity index is 0.973. The predicted octanol–water partition coefficient (Wildman–Crippen LogP) is 14.7. The van der Waals surface area contributed by atoms with Gasteiger partial charge in [-0.05, 0) is 107 Å². The van der Waals surface area contributed by atoms with Gasteiger partial charge < -0.3 is 14.8 Å². The molecule has 0 aliphatic carbocycles. The van der Waals surface area contributed by atoms with Gasteiger partial charge in [0, 0.05) is 43.9 Å². The minimum atomic E-state index is 1.09. The van der Waals surface area contributed by atoms with Crippen molar-refractivity contribution in [2.24, 2.45) is 0 Å². The van der Waals surface area contributed by atoms with Gasteiger partial charge in [-0.25, -0.2) is 0 Å². The fourth-order valence-corrected chi connectivity index (χ4v) is 8.79. The first-order chi connectivity index (χ1) is 26.3. The van der Waals surface area contributed by atoms with Gasteiger partial charge in [0.25, 0.3) is 0 Å². The second-order valence-electron chi connectivity index (χ2n) is 12.7. The zero-order chi connectivity index (χ0) is 35.4. The first-order valence-corrected chi connectivity index (χ1v) is 19.3. The first-order valence-electron chi connectivity index (χ1n) is 17.7. The Bertz CT molecular complexity index is 2360. The monoisotopic (exact) mass is 717 g/mol. The van der Waals surface area contributed by atoms with Crippen LogP contribution in [0.4, 0.5) is 32.8 Å². The third-order valence-electron chi connectivity index (χ3n) is 9.33. The molecule has 0 aliphatic heterocycles. The summed E-state index contributed by atoms with van der Waals surface area (Å²) in [6.07, 6.45) is 0. The van der Waals surface area contributed by atoms with Gasteiger partial charge in [0.1, 0.15) is 10.0 Å². The largest absolute Gasteiger partial charge is 0.355 e. The number of anilines is 6. The second-order valence-corrected chi connectivity index (χ2v) is 14.9. The van der Waals surface area contributed by atoms with Crippen LogP contribution < -0.4 is 9.80 Å². The SMILES string of the molecule is c1ccc(-c2ccc(N(c3ccccc3)c3ccc(-c4ccc(-c5ccc(N(c6ccccc6)c6ccc(-c7ccccc7)s6)cc5)[nH]4)cc3)s2)cc1. The van der Waals surface area contributed by atoms with Crippen LogP contribution in [0.2, 0.25) is 0 Å². The lowest BCUT2D eigenvalue weighted by atomic mass is 10.1. The third-order valence-corrected chi connectivity index (χ3v) is 11.6. The Kier molecular flexibility index (Phi) is 9.00. The van der Waals surface area contributed by atoms with Gasteiger partial charge in [-0.3, -0.25) is 0 Å². The van der Waals surface area contributed by atoms with Crippen LogP contribution in [0.3, 0.4) is 0 Å². The van der Waals surface area contributed by atoms with Crippen molar-refractivity contribution in [2.75, 3.05) is 9.80 Å². The fraction of sp³-hybridized carbons (Fsp3) is 0. The van der Waals surface area contributed by atoms with E-state index in [1.165, 1.54) is 30.9 Å². The lowest BCUT2D eigenvalue weighted by molar-refractivity contribution is 1.31. The number of nitrogens with one attached hydrogen (secondary N) is 1. The van der Waals surface area contributed by atoms with Crippen LogP contribution in [-0.2, 0) is 0 Å². The van der Waals surface area contributed by atoms with Crippen LogP contribution in [-0.4, -0.2) is 4.98 Å². The van der Waals surface area contributed by atoms with E-state index in [-0.39, 0.29) is 0 Å². The van der Waals surface area contributed by atoms with E-state index >= 15 is 0 Å². The Morgan fingerprint density at radius 2 is 0.623 bits per heavy atom. The topological polar surface area (TPSA) is 22.3 Å². The molecule has 254 valence electrons. The van der Waals surface area contributed by atoms with E-state index < -0.39 is 0 Å². The average Bonchev–Trinajstić information content (AvgIpc) is 4.03. The van der Waals surface area contributed by atoms with Gasteiger partial charge in [0.05, 0.1) is 0 Å². The molecule has 5 heteroatoms. The quantitative estimate of drug-likeness (QED) is 0.152. The maximum absolute atomic E-state index is 3.69. The number of H-pyrrole nitrogens is 1. The summed E-state index contributed by atoms with van der Waals surface area (Å²) >= 11 is 3.61. The van der Waals surface area contributed by atoms with E-state index in [4.69, 9.17) is 0 Å². The van der Waals surface area contributed by atoms with Gasteiger partial charge in [-0.15, -0.1) is 22.7 Å². The van der Waals surface area contributed by atoms with Crippen molar-refractivity contribution in [2.45, 2.75) is 0 Å². The van der Waals surface area contributed by atoms with Crippen LogP contribution in [0, 0.1) is 0 Å². The van der Waals surface area contributed by atoms with Crippen molar-refractivity contribution in [3.63, 3.8) is 0 Å². The molecule has 0 saturated carbocycles. The highest BCUT2D eigenvalue weighted by Gasteiger charge is 2.17. The van der Waals surface area contributed by atoms with E-state index in [9.17, 15) is 0 Å². The zero-order valence-corrected chi connectivity index (χ0v) is 30.5. The van der Waals surface area contributed by atoms with E-state index in [0.29, 0.717) is 0 Å². The summed E-state index contributed by atoms with van der Waals surface area (Å²) in [4.78, 5) is 10.9. The third kappa shape index (κ3) is 6.84. The fourth-order valence-electron chi connectivity index (χ4n) is 6.68. The molecule has 0 fully saturated rings. The molecule has 3 aromatic heterocycles. The number of aromatic amines is 1. The molecule has 3 heterocycles. The van der Waals surface area contributed by atoms with Crippen molar-refractivity contribution < 1.29 is 0 Å². The summed E-state index contributed by atoms with van der Waals surface area (Å²) in [5.41, 5.74) is 11.4. The van der Waals surface area contributed by atoms with Gasteiger partial charge >= 0.3 is 0 Å². The van der Waals surface area contributed by atoms with Crippen LogP contribution in [0.5, 0.6) is 0 Å². The van der Waals surface area contributed by atoms with Gasteiger partial charge in [0.2, 0.25) is 0 Å². The molecule has 6 aromatic carbocycles. The maximum Gasteiger partial charge on any atom is 0.101 e. The summed E-state index contributed by atoms with van der Waals surface area (Å²) < 4.78 is 0. The number of thiophene rings is 2. The highest BCUT2D eigenvalue weighted by molar-refractivity contribution is 7.19. The second kappa shape index (κ2) is 14.7. The molecule has 0 amide bonds. The number of nitrogens with zero attached hydrogens (tertiary/aromatic N) is 2. The van der Waals surface area contributed by atoms with E-state index in [1.807, 2.05) is 0 Å². The minimum Gasteiger partial charge on any atom is -0.355 e. The predicted molar refractivity (Wildman–Crippen MR) is 228 cm³/mol. The van der Waals surface area contributed by atoms with E-state index in [1.54, 1.807) is 22.7 Å². The Hall–Kier alpha value is -6.40. The lowest BCUT2D eigenvalue weighted by Gasteiger charge is -2.24. The number of hydrogen-bond acceptors (Lipinski definition) is 4. The normalized spacial score (nSPS) is 11.0. The number of para-hydroxylation sites is 2. The van der Waals surface area contributed by atoms with Gasteiger partial charge in [-0.2, -0.15) is 0 Å². The molecule has 0 spiro atoms. The van der Waals surface area contributed by atoms with Gasteiger partial charge in [0.15, 0.2) is 0 Å². The molecule has 0 bridgehead atoms. The molecule has 0 saturated heterocycles. The molecular weight excluding hydrogens is 683 g/mol.